The third-order valence-corrected chi connectivity index (χ3v) is 2.80. The van der Waals surface area contributed by atoms with Gasteiger partial charge in [0.15, 0.2) is 0 Å². The zero-order chi connectivity index (χ0) is 10.8. The molecular formula is C8H15N3O2S. The smallest absolute Gasteiger partial charge is 0.227 e. The molecule has 0 radical (unpaired) electrons. The van der Waals surface area contributed by atoms with Gasteiger partial charge < -0.3 is 9.47 Å². The fourth-order valence-corrected chi connectivity index (χ4v) is 1.93. The van der Waals surface area contributed by atoms with Crippen molar-refractivity contribution in [2.24, 2.45) is 0 Å². The van der Waals surface area contributed by atoms with Crippen LogP contribution in [0.1, 0.15) is 0 Å². The van der Waals surface area contributed by atoms with E-state index in [4.69, 9.17) is 0 Å². The maximum Gasteiger partial charge on any atom is 0.227 e. The van der Waals surface area contributed by atoms with Crippen molar-refractivity contribution in [1.29, 1.82) is 0 Å². The second-order valence-corrected chi connectivity index (χ2v) is 5.39. The first-order valence-corrected chi connectivity index (χ1v) is 6.16. The number of hydrogen-bond donors (Lipinski definition) is 0. The van der Waals surface area contributed by atoms with Crippen LogP contribution >= 0.6 is 0 Å². The fraction of sp³-hybridized carbons (Fsp3) is 0.625. The van der Waals surface area contributed by atoms with Crippen molar-refractivity contribution in [2.45, 2.75) is 11.7 Å². The van der Waals surface area contributed by atoms with E-state index in [-0.39, 0.29) is 5.16 Å². The van der Waals surface area contributed by atoms with E-state index >= 15 is 0 Å². The van der Waals surface area contributed by atoms with Crippen LogP contribution in [0.25, 0.3) is 0 Å². The third-order valence-electron chi connectivity index (χ3n) is 1.80. The Bertz CT molecular complexity index is 394. The van der Waals surface area contributed by atoms with Crippen molar-refractivity contribution in [3.8, 4) is 0 Å². The Kier molecular flexibility index (Phi) is 3.28. The first-order chi connectivity index (χ1) is 6.41. The molecule has 1 heterocycles. The molecule has 0 N–H and O–H groups in total. The lowest BCUT2D eigenvalue weighted by Gasteiger charge is -2.11. The molecule has 0 fully saturated rings. The maximum atomic E-state index is 11.3. The predicted octanol–water partition coefficient (Wildman–Crippen LogP) is -0.152. The predicted molar refractivity (Wildman–Crippen MR) is 53.9 cm³/mol. The second kappa shape index (κ2) is 4.10. The van der Waals surface area contributed by atoms with Crippen LogP contribution < -0.4 is 0 Å². The first kappa shape index (κ1) is 11.2. The van der Waals surface area contributed by atoms with Gasteiger partial charge in [-0.3, -0.25) is 0 Å². The highest BCUT2D eigenvalue weighted by molar-refractivity contribution is 7.90. The molecule has 1 aromatic rings. The van der Waals surface area contributed by atoms with E-state index in [1.807, 2.05) is 19.0 Å². The minimum absolute atomic E-state index is 0.138. The minimum atomic E-state index is -3.20. The Labute approximate surface area is 84.3 Å². The molecule has 0 saturated carbocycles. The summed E-state index contributed by atoms with van der Waals surface area (Å²) in [5.41, 5.74) is 0. The van der Waals surface area contributed by atoms with Crippen LogP contribution in [0, 0.1) is 0 Å². The van der Waals surface area contributed by atoms with E-state index in [2.05, 4.69) is 4.98 Å². The molecule has 5 nitrogen and oxygen atoms in total. The molecule has 0 aliphatic heterocycles. The monoisotopic (exact) mass is 217 g/mol. The topological polar surface area (TPSA) is 55.2 Å². The van der Waals surface area contributed by atoms with Gasteiger partial charge in [0.2, 0.25) is 15.0 Å². The molecule has 0 saturated heterocycles. The molecule has 0 aliphatic rings. The number of nitrogens with zero attached hydrogens (tertiary/aromatic N) is 3. The standard InChI is InChI=1S/C8H15N3O2S/c1-10(2)6-7-11-5-4-9-8(11)14(3,12)13/h4-5H,6-7H2,1-3H3. The number of rotatable bonds is 4. The van der Waals surface area contributed by atoms with E-state index in [1.165, 1.54) is 12.5 Å². The van der Waals surface area contributed by atoms with Crippen LogP contribution in [-0.4, -0.2) is 49.8 Å². The zero-order valence-corrected chi connectivity index (χ0v) is 9.45. The van der Waals surface area contributed by atoms with Gasteiger partial charge in [-0.15, -0.1) is 0 Å². The molecule has 0 bridgehead atoms. The summed E-state index contributed by atoms with van der Waals surface area (Å²) in [5.74, 6) is 0. The van der Waals surface area contributed by atoms with Crippen LogP contribution in [0.4, 0.5) is 0 Å². The summed E-state index contributed by atoms with van der Waals surface area (Å²) in [5, 5.41) is 0.138. The third kappa shape index (κ3) is 2.81. The van der Waals surface area contributed by atoms with Crippen molar-refractivity contribution >= 4 is 9.84 Å². The van der Waals surface area contributed by atoms with Crippen molar-refractivity contribution in [2.75, 3.05) is 26.9 Å². The van der Waals surface area contributed by atoms with Gasteiger partial charge in [0.25, 0.3) is 0 Å². The summed E-state index contributed by atoms with van der Waals surface area (Å²) in [6, 6.07) is 0. The van der Waals surface area contributed by atoms with Crippen LogP contribution in [0.5, 0.6) is 0 Å². The zero-order valence-electron chi connectivity index (χ0n) is 8.64. The molecule has 80 valence electrons. The average Bonchev–Trinajstić information content (AvgIpc) is 2.46. The van der Waals surface area contributed by atoms with Gasteiger partial charge in [-0.25, -0.2) is 13.4 Å². The molecule has 1 aromatic heterocycles. The van der Waals surface area contributed by atoms with Crippen molar-refractivity contribution < 1.29 is 8.42 Å². The molecule has 0 amide bonds. The molecule has 1 rings (SSSR count). The average molecular weight is 217 g/mol. The number of likely N-dealkylation sites (N-methyl/N-ethyl adjacent to an activating group) is 1. The SMILES string of the molecule is CN(C)CCn1ccnc1S(C)(=O)=O. The first-order valence-electron chi connectivity index (χ1n) is 4.27. The van der Waals surface area contributed by atoms with E-state index in [9.17, 15) is 8.42 Å². The van der Waals surface area contributed by atoms with Gasteiger partial charge in [-0.05, 0) is 14.1 Å². The maximum absolute atomic E-state index is 11.3. The molecule has 0 atom stereocenters. The summed E-state index contributed by atoms with van der Waals surface area (Å²) in [4.78, 5) is 5.81. The molecule has 0 aliphatic carbocycles. The summed E-state index contributed by atoms with van der Waals surface area (Å²) in [7, 11) is 0.678. The number of sulfone groups is 1. The number of hydrogen-bond acceptors (Lipinski definition) is 4. The quantitative estimate of drug-likeness (QED) is 0.703. The highest BCUT2D eigenvalue weighted by Crippen LogP contribution is 2.05. The Morgan fingerprint density at radius 2 is 2.14 bits per heavy atom. The van der Waals surface area contributed by atoms with Crippen LogP contribution in [0.15, 0.2) is 17.6 Å². The normalized spacial score (nSPS) is 12.3. The number of imidazole rings is 1. The Morgan fingerprint density at radius 1 is 1.50 bits per heavy atom. The summed E-state index contributed by atoms with van der Waals surface area (Å²) in [6.45, 7) is 1.42. The Hall–Kier alpha value is -0.880. The van der Waals surface area contributed by atoms with Gasteiger partial charge in [0.1, 0.15) is 0 Å². The molecular weight excluding hydrogens is 202 g/mol. The summed E-state index contributed by atoms with van der Waals surface area (Å²) < 4.78 is 24.2. The highest BCUT2D eigenvalue weighted by Gasteiger charge is 2.13. The largest absolute Gasteiger partial charge is 0.321 e. The van der Waals surface area contributed by atoms with Crippen molar-refractivity contribution in [3.63, 3.8) is 0 Å². The molecule has 0 spiro atoms. The Balaban J connectivity index is 2.84. The minimum Gasteiger partial charge on any atom is -0.321 e. The van der Waals surface area contributed by atoms with Gasteiger partial charge in [0.05, 0.1) is 0 Å². The fourth-order valence-electron chi connectivity index (χ4n) is 1.10. The van der Waals surface area contributed by atoms with Gasteiger partial charge >= 0.3 is 0 Å². The lowest BCUT2D eigenvalue weighted by molar-refractivity contribution is 0.375. The van der Waals surface area contributed by atoms with E-state index in [1.54, 1.807) is 10.8 Å². The van der Waals surface area contributed by atoms with Gasteiger partial charge in [-0.2, -0.15) is 0 Å². The molecule has 6 heteroatoms. The lowest BCUT2D eigenvalue weighted by atomic mass is 10.6. The molecule has 14 heavy (non-hydrogen) atoms. The van der Waals surface area contributed by atoms with Crippen LogP contribution in [-0.2, 0) is 16.4 Å². The highest BCUT2D eigenvalue weighted by atomic mass is 32.2. The van der Waals surface area contributed by atoms with Crippen LogP contribution in [0.2, 0.25) is 0 Å². The second-order valence-electron chi connectivity index (χ2n) is 3.48. The van der Waals surface area contributed by atoms with E-state index < -0.39 is 9.84 Å². The Morgan fingerprint density at radius 3 is 2.64 bits per heavy atom. The van der Waals surface area contributed by atoms with Gasteiger partial charge in [-0.1, -0.05) is 0 Å². The van der Waals surface area contributed by atoms with E-state index in [0.717, 1.165) is 6.54 Å². The molecule has 0 unspecified atom stereocenters. The van der Waals surface area contributed by atoms with Crippen LogP contribution in [0.3, 0.4) is 0 Å². The van der Waals surface area contributed by atoms with Crippen molar-refractivity contribution in [1.82, 2.24) is 14.5 Å². The van der Waals surface area contributed by atoms with Gasteiger partial charge in [0, 0.05) is 31.7 Å². The number of aromatic nitrogens is 2. The molecule has 0 aromatic carbocycles. The van der Waals surface area contributed by atoms with E-state index in [0.29, 0.717) is 6.54 Å². The summed E-state index contributed by atoms with van der Waals surface area (Å²) >= 11 is 0. The van der Waals surface area contributed by atoms with Crippen molar-refractivity contribution in [3.05, 3.63) is 12.4 Å². The summed E-state index contributed by atoms with van der Waals surface area (Å²) in [6.07, 6.45) is 4.35. The lowest BCUT2D eigenvalue weighted by Crippen LogP contribution is -2.20.